The number of hydrogen-bond donors (Lipinski definition) is 1. The first-order valence-corrected chi connectivity index (χ1v) is 11.0. The largest absolute Gasteiger partial charge is 0.491 e. The van der Waals surface area contributed by atoms with Crippen molar-refractivity contribution >= 4 is 17.6 Å². The summed E-state index contributed by atoms with van der Waals surface area (Å²) in [7, 11) is 1.44. The van der Waals surface area contributed by atoms with E-state index in [-0.39, 0.29) is 23.6 Å². The Morgan fingerprint density at radius 3 is 2.47 bits per heavy atom. The Bertz CT molecular complexity index is 992. The molecule has 0 atom stereocenters. The number of carbonyl (C=O) groups excluding carboxylic acids is 2. The van der Waals surface area contributed by atoms with E-state index in [0.29, 0.717) is 30.3 Å². The minimum Gasteiger partial charge on any atom is -0.491 e. The van der Waals surface area contributed by atoms with E-state index in [4.69, 9.17) is 9.47 Å². The molecule has 1 fully saturated rings. The smallest absolute Gasteiger partial charge is 0.338 e. The Hall–Kier alpha value is -3.13. The number of aromatic nitrogens is 1. The summed E-state index contributed by atoms with van der Waals surface area (Å²) >= 11 is 0. The van der Waals surface area contributed by atoms with Crippen molar-refractivity contribution in [1.29, 1.82) is 0 Å². The second-order valence-electron chi connectivity index (χ2n) is 8.13. The molecule has 1 aliphatic rings. The third kappa shape index (κ3) is 6.20. The van der Waals surface area contributed by atoms with E-state index >= 15 is 0 Å². The summed E-state index contributed by atoms with van der Waals surface area (Å²) in [5.41, 5.74) is 1.58. The number of hydrogen-bond acceptors (Lipinski definition) is 6. The maximum atomic E-state index is 12.7. The first kappa shape index (κ1) is 23.5. The molecule has 1 aromatic heterocycles. The van der Waals surface area contributed by atoms with Gasteiger partial charge in [0.15, 0.2) is 5.75 Å². The third-order valence-electron chi connectivity index (χ3n) is 5.66. The molecule has 8 nitrogen and oxygen atoms in total. The van der Waals surface area contributed by atoms with Gasteiger partial charge in [-0.05, 0) is 63.0 Å². The summed E-state index contributed by atoms with van der Waals surface area (Å²) < 4.78 is 11.9. The summed E-state index contributed by atoms with van der Waals surface area (Å²) in [5, 5.41) is 2.83. The van der Waals surface area contributed by atoms with E-state index in [1.54, 1.807) is 48.0 Å². The van der Waals surface area contributed by atoms with Crippen molar-refractivity contribution < 1.29 is 19.1 Å². The van der Waals surface area contributed by atoms with Crippen LogP contribution in [0.2, 0.25) is 0 Å². The van der Waals surface area contributed by atoms with Crippen molar-refractivity contribution in [3.05, 3.63) is 58.0 Å². The van der Waals surface area contributed by atoms with Crippen LogP contribution < -0.4 is 15.5 Å². The molecule has 1 aliphatic heterocycles. The molecule has 172 valence electrons. The molecule has 0 radical (unpaired) electrons. The molecule has 8 heteroatoms. The molecule has 2 aromatic rings. The van der Waals surface area contributed by atoms with Gasteiger partial charge in [0.05, 0.1) is 25.5 Å². The summed E-state index contributed by atoms with van der Waals surface area (Å²) in [5.74, 6) is 0.272. The zero-order valence-corrected chi connectivity index (χ0v) is 18.9. The predicted octanol–water partition coefficient (Wildman–Crippen LogP) is 2.90. The molecule has 1 aromatic carbocycles. The fourth-order valence-electron chi connectivity index (χ4n) is 3.74. The summed E-state index contributed by atoms with van der Waals surface area (Å²) in [6.45, 7) is 6.89. The Labute approximate surface area is 188 Å². The number of rotatable bonds is 8. The van der Waals surface area contributed by atoms with Gasteiger partial charge in [-0.2, -0.15) is 0 Å². The molecule has 1 amide bonds. The van der Waals surface area contributed by atoms with Gasteiger partial charge < -0.3 is 19.4 Å². The van der Waals surface area contributed by atoms with Crippen LogP contribution >= 0.6 is 0 Å². The molecule has 0 saturated carbocycles. The summed E-state index contributed by atoms with van der Waals surface area (Å²) in [6, 6.07) is 8.09. The normalized spacial score (nSPS) is 14.7. The number of nitrogens with zero attached hydrogens (tertiary/aromatic N) is 2. The van der Waals surface area contributed by atoms with Gasteiger partial charge in [0.2, 0.25) is 11.3 Å². The Balaban J connectivity index is 1.71. The van der Waals surface area contributed by atoms with Gasteiger partial charge in [0.1, 0.15) is 6.54 Å². The zero-order valence-electron chi connectivity index (χ0n) is 18.9. The average molecular weight is 442 g/mol. The molecule has 0 spiro atoms. The number of methoxy groups -OCH3 is 1. The lowest BCUT2D eigenvalue weighted by molar-refractivity contribution is -0.116. The number of likely N-dealkylation sites (tertiary alicyclic amines) is 1. The third-order valence-corrected chi connectivity index (χ3v) is 5.66. The van der Waals surface area contributed by atoms with E-state index in [1.165, 1.54) is 7.11 Å². The number of benzene rings is 1. The van der Waals surface area contributed by atoms with Gasteiger partial charge >= 0.3 is 5.97 Å². The second kappa shape index (κ2) is 10.9. The van der Waals surface area contributed by atoms with Crippen molar-refractivity contribution in [2.24, 2.45) is 5.92 Å². The Morgan fingerprint density at radius 1 is 1.16 bits per heavy atom. The zero-order chi connectivity index (χ0) is 23.1. The number of piperidine rings is 1. The highest BCUT2D eigenvalue weighted by atomic mass is 16.5. The van der Waals surface area contributed by atoms with Crippen LogP contribution in [0.1, 0.15) is 42.7 Å². The fourth-order valence-corrected chi connectivity index (χ4v) is 3.74. The second-order valence-corrected chi connectivity index (χ2v) is 8.13. The molecular weight excluding hydrogens is 410 g/mol. The van der Waals surface area contributed by atoms with Crippen molar-refractivity contribution in [3.63, 3.8) is 0 Å². The summed E-state index contributed by atoms with van der Waals surface area (Å²) in [6.07, 6.45) is 3.85. The molecule has 2 heterocycles. The monoisotopic (exact) mass is 441 g/mol. The van der Waals surface area contributed by atoms with Crippen molar-refractivity contribution in [2.45, 2.75) is 39.8 Å². The molecule has 0 unspecified atom stereocenters. The first-order valence-electron chi connectivity index (χ1n) is 11.0. The average Bonchev–Trinajstić information content (AvgIpc) is 2.77. The number of amides is 1. The van der Waals surface area contributed by atoms with Gasteiger partial charge in [-0.3, -0.25) is 14.5 Å². The number of ether oxygens (including phenoxy) is 2. The lowest BCUT2D eigenvalue weighted by atomic mass is 9.99. The van der Waals surface area contributed by atoms with E-state index in [0.717, 1.165) is 31.6 Å². The summed E-state index contributed by atoms with van der Waals surface area (Å²) in [4.78, 5) is 39.1. The molecule has 0 aliphatic carbocycles. The van der Waals surface area contributed by atoms with Crippen LogP contribution in [0.25, 0.3) is 0 Å². The molecule has 32 heavy (non-hydrogen) atoms. The number of pyridine rings is 1. The van der Waals surface area contributed by atoms with Crippen LogP contribution in [-0.2, 0) is 22.6 Å². The highest BCUT2D eigenvalue weighted by Gasteiger charge is 2.18. The van der Waals surface area contributed by atoms with Gasteiger partial charge in [-0.1, -0.05) is 6.92 Å². The molecule has 3 rings (SSSR count). The van der Waals surface area contributed by atoms with Gasteiger partial charge in [0.25, 0.3) is 0 Å². The van der Waals surface area contributed by atoms with Gasteiger partial charge in [-0.25, -0.2) is 4.79 Å². The van der Waals surface area contributed by atoms with Gasteiger partial charge in [0, 0.05) is 24.0 Å². The number of carbonyl (C=O) groups is 2. The predicted molar refractivity (Wildman–Crippen MR) is 122 cm³/mol. The Morgan fingerprint density at radius 2 is 1.84 bits per heavy atom. The highest BCUT2D eigenvalue weighted by Crippen LogP contribution is 2.19. The minimum absolute atomic E-state index is 0.0375. The highest BCUT2D eigenvalue weighted by molar-refractivity contribution is 5.93. The van der Waals surface area contributed by atoms with Crippen molar-refractivity contribution in [2.75, 3.05) is 32.1 Å². The van der Waals surface area contributed by atoms with E-state index in [1.807, 2.05) is 0 Å². The van der Waals surface area contributed by atoms with Crippen LogP contribution in [0.4, 0.5) is 5.69 Å². The molecule has 1 N–H and O–H groups in total. The van der Waals surface area contributed by atoms with E-state index in [2.05, 4.69) is 17.1 Å². The van der Waals surface area contributed by atoms with Crippen LogP contribution in [0.3, 0.4) is 0 Å². The number of esters is 1. The maximum absolute atomic E-state index is 12.7. The number of anilines is 1. The van der Waals surface area contributed by atoms with Crippen LogP contribution in [-0.4, -0.2) is 48.1 Å². The van der Waals surface area contributed by atoms with E-state index < -0.39 is 5.97 Å². The standard InChI is InChI=1S/C24H31N3O5/c1-4-32-24(30)18-5-7-19(8-6-18)25-23(29)16-27-15-22(31-3)21(28)13-20(27)14-26-11-9-17(2)10-12-26/h5-8,13,15,17H,4,9-12,14,16H2,1-3H3,(H,25,29). The first-order chi connectivity index (χ1) is 15.4. The van der Waals surface area contributed by atoms with Gasteiger partial charge in [-0.15, -0.1) is 0 Å². The van der Waals surface area contributed by atoms with E-state index in [9.17, 15) is 14.4 Å². The Kier molecular flexibility index (Phi) is 8.05. The molecule has 1 saturated heterocycles. The SMILES string of the molecule is CCOC(=O)c1ccc(NC(=O)Cn2cc(OC)c(=O)cc2CN2CCC(C)CC2)cc1. The minimum atomic E-state index is -0.400. The van der Waals surface area contributed by atoms with Crippen molar-refractivity contribution in [1.82, 2.24) is 9.47 Å². The topological polar surface area (TPSA) is 89.9 Å². The number of nitrogens with one attached hydrogen (secondary N) is 1. The quantitative estimate of drug-likeness (QED) is 0.634. The van der Waals surface area contributed by atoms with Crippen molar-refractivity contribution in [3.8, 4) is 5.75 Å². The lowest BCUT2D eigenvalue weighted by Gasteiger charge is -2.31. The molecular formula is C24H31N3O5. The van der Waals surface area contributed by atoms with Crippen LogP contribution in [0.5, 0.6) is 5.75 Å². The van der Waals surface area contributed by atoms with Crippen LogP contribution in [0, 0.1) is 5.92 Å². The van der Waals surface area contributed by atoms with Crippen LogP contribution in [0.15, 0.2) is 41.3 Å². The fraction of sp³-hybridized carbons (Fsp3) is 0.458. The molecule has 0 bridgehead atoms. The lowest BCUT2D eigenvalue weighted by Crippen LogP contribution is -2.34. The maximum Gasteiger partial charge on any atom is 0.338 e.